The standard InChI is InChI=1S/C24H23N3O3S/c28-24(23-15-20-17-25-13-12-22(20)27-23)26-16-19-8-10-21(11-9-19)31(29,30)14-4-7-18-5-2-1-3-6-18/h1-3,5-6,8-13,15,17,27H,4,7,14,16H2,(H,26,28). The minimum absolute atomic E-state index is 0.104. The van der Waals surface area contributed by atoms with E-state index in [1.165, 1.54) is 0 Å². The first-order chi connectivity index (χ1) is 15.0. The highest BCUT2D eigenvalue weighted by Gasteiger charge is 2.14. The van der Waals surface area contributed by atoms with Gasteiger partial charge >= 0.3 is 0 Å². The molecule has 4 aromatic rings. The van der Waals surface area contributed by atoms with E-state index in [4.69, 9.17) is 0 Å². The van der Waals surface area contributed by atoms with Gasteiger partial charge in [-0.15, -0.1) is 0 Å². The van der Waals surface area contributed by atoms with Gasteiger partial charge in [0.15, 0.2) is 9.84 Å². The molecule has 0 saturated carbocycles. The van der Waals surface area contributed by atoms with Gasteiger partial charge in [-0.2, -0.15) is 0 Å². The van der Waals surface area contributed by atoms with Crippen LogP contribution in [0.25, 0.3) is 10.9 Å². The van der Waals surface area contributed by atoms with Gasteiger partial charge < -0.3 is 10.3 Å². The van der Waals surface area contributed by atoms with Crippen LogP contribution in [0.5, 0.6) is 0 Å². The number of amides is 1. The first-order valence-corrected chi connectivity index (χ1v) is 11.7. The van der Waals surface area contributed by atoms with Crippen LogP contribution in [0.1, 0.15) is 28.0 Å². The number of carbonyl (C=O) groups excluding carboxylic acids is 1. The largest absolute Gasteiger partial charge is 0.350 e. The van der Waals surface area contributed by atoms with Gasteiger partial charge in [-0.25, -0.2) is 8.42 Å². The Morgan fingerprint density at radius 3 is 2.48 bits per heavy atom. The van der Waals surface area contributed by atoms with Gasteiger partial charge in [0.25, 0.3) is 5.91 Å². The highest BCUT2D eigenvalue weighted by Crippen LogP contribution is 2.16. The molecule has 31 heavy (non-hydrogen) atoms. The number of fused-ring (bicyclic) bond motifs is 1. The van der Waals surface area contributed by atoms with Crippen LogP contribution in [0.2, 0.25) is 0 Å². The van der Waals surface area contributed by atoms with E-state index in [1.54, 1.807) is 42.7 Å². The van der Waals surface area contributed by atoms with Crippen LogP contribution in [0, 0.1) is 0 Å². The van der Waals surface area contributed by atoms with E-state index >= 15 is 0 Å². The first-order valence-electron chi connectivity index (χ1n) is 10.1. The minimum Gasteiger partial charge on any atom is -0.350 e. The first kappa shape index (κ1) is 20.8. The second-order valence-corrected chi connectivity index (χ2v) is 9.49. The third-order valence-corrected chi connectivity index (χ3v) is 6.94. The molecule has 2 aromatic heterocycles. The van der Waals surface area contributed by atoms with Crippen molar-refractivity contribution in [2.24, 2.45) is 0 Å². The molecule has 0 aliphatic heterocycles. The number of rotatable bonds is 8. The van der Waals surface area contributed by atoms with Crippen LogP contribution < -0.4 is 5.32 Å². The van der Waals surface area contributed by atoms with Crippen molar-refractivity contribution in [2.75, 3.05) is 5.75 Å². The van der Waals surface area contributed by atoms with E-state index in [9.17, 15) is 13.2 Å². The molecule has 0 aliphatic carbocycles. The van der Waals surface area contributed by atoms with E-state index in [-0.39, 0.29) is 11.7 Å². The third-order valence-electron chi connectivity index (χ3n) is 5.12. The molecule has 0 radical (unpaired) electrons. The van der Waals surface area contributed by atoms with Crippen molar-refractivity contribution in [1.82, 2.24) is 15.3 Å². The number of aryl methyl sites for hydroxylation is 1. The van der Waals surface area contributed by atoms with E-state index in [0.717, 1.165) is 28.5 Å². The summed E-state index contributed by atoms with van der Waals surface area (Å²) < 4.78 is 25.2. The summed E-state index contributed by atoms with van der Waals surface area (Å²) >= 11 is 0. The maximum atomic E-state index is 12.6. The number of aromatic nitrogens is 2. The fourth-order valence-electron chi connectivity index (χ4n) is 3.42. The fourth-order valence-corrected chi connectivity index (χ4v) is 4.73. The summed E-state index contributed by atoms with van der Waals surface area (Å²) in [4.78, 5) is 19.8. The maximum absolute atomic E-state index is 12.6. The van der Waals surface area contributed by atoms with Crippen molar-refractivity contribution < 1.29 is 13.2 Å². The van der Waals surface area contributed by atoms with Crippen molar-refractivity contribution in [2.45, 2.75) is 24.3 Å². The Balaban J connectivity index is 1.32. The SMILES string of the molecule is O=C(NCc1ccc(S(=O)(=O)CCCc2ccccc2)cc1)c1cc2cnccc2[nH]1. The summed E-state index contributed by atoms with van der Waals surface area (Å²) in [6.07, 6.45) is 4.66. The smallest absolute Gasteiger partial charge is 0.267 e. The molecule has 6 nitrogen and oxygen atoms in total. The second kappa shape index (κ2) is 9.14. The number of hydrogen-bond acceptors (Lipinski definition) is 4. The van der Waals surface area contributed by atoms with Gasteiger partial charge in [0, 0.05) is 29.8 Å². The van der Waals surface area contributed by atoms with Crippen LogP contribution in [0.15, 0.2) is 84.0 Å². The number of hydrogen-bond donors (Lipinski definition) is 2. The molecular formula is C24H23N3O3S. The average Bonchev–Trinajstić information content (AvgIpc) is 3.23. The second-order valence-electron chi connectivity index (χ2n) is 7.38. The highest BCUT2D eigenvalue weighted by molar-refractivity contribution is 7.91. The summed E-state index contributed by atoms with van der Waals surface area (Å²) in [6.45, 7) is 0.306. The quantitative estimate of drug-likeness (QED) is 0.441. The molecule has 0 aliphatic rings. The Morgan fingerprint density at radius 2 is 1.74 bits per heavy atom. The maximum Gasteiger partial charge on any atom is 0.267 e. The molecule has 158 valence electrons. The summed E-state index contributed by atoms with van der Waals surface area (Å²) in [6, 6.07) is 20.1. The Morgan fingerprint density at radius 1 is 0.968 bits per heavy atom. The molecule has 0 bridgehead atoms. The number of pyridine rings is 1. The average molecular weight is 434 g/mol. The molecule has 2 N–H and O–H groups in total. The molecular weight excluding hydrogens is 410 g/mol. The number of aromatic amines is 1. The van der Waals surface area contributed by atoms with Crippen molar-refractivity contribution in [3.8, 4) is 0 Å². The number of benzene rings is 2. The van der Waals surface area contributed by atoms with Crippen molar-refractivity contribution in [1.29, 1.82) is 0 Å². The van der Waals surface area contributed by atoms with Crippen molar-refractivity contribution in [3.63, 3.8) is 0 Å². The summed E-state index contributed by atoms with van der Waals surface area (Å²) in [5, 5.41) is 3.72. The third kappa shape index (κ3) is 5.19. The Labute approximate surface area is 181 Å². The van der Waals surface area contributed by atoms with Gasteiger partial charge in [-0.3, -0.25) is 9.78 Å². The molecule has 0 fully saturated rings. The van der Waals surface area contributed by atoms with Gasteiger partial charge in [0.1, 0.15) is 5.69 Å². The highest BCUT2D eigenvalue weighted by atomic mass is 32.2. The lowest BCUT2D eigenvalue weighted by atomic mass is 10.1. The van der Waals surface area contributed by atoms with Crippen LogP contribution in [-0.4, -0.2) is 30.0 Å². The molecule has 2 heterocycles. The number of H-pyrrole nitrogens is 1. The summed E-state index contributed by atoms with van der Waals surface area (Å²) in [5.41, 5.74) is 3.27. The van der Waals surface area contributed by atoms with Gasteiger partial charge in [-0.1, -0.05) is 42.5 Å². The lowest BCUT2D eigenvalue weighted by Gasteiger charge is -2.07. The molecule has 0 saturated heterocycles. The molecule has 4 rings (SSSR count). The van der Waals surface area contributed by atoms with E-state index in [1.807, 2.05) is 36.4 Å². The van der Waals surface area contributed by atoms with Crippen molar-refractivity contribution >= 4 is 26.6 Å². The summed E-state index contributed by atoms with van der Waals surface area (Å²) in [5.74, 6) is -0.124. The zero-order chi connectivity index (χ0) is 21.7. The zero-order valence-electron chi connectivity index (χ0n) is 16.9. The molecule has 0 spiro atoms. The molecule has 1 amide bonds. The Bertz CT molecular complexity index is 1250. The lowest BCUT2D eigenvalue weighted by Crippen LogP contribution is -2.23. The minimum atomic E-state index is -3.33. The summed E-state index contributed by atoms with van der Waals surface area (Å²) in [7, 11) is -3.33. The van der Waals surface area contributed by atoms with Crippen molar-refractivity contribution in [3.05, 3.63) is 95.9 Å². The number of nitrogens with one attached hydrogen (secondary N) is 2. The Hall–Kier alpha value is -3.45. The lowest BCUT2D eigenvalue weighted by molar-refractivity contribution is 0.0946. The van der Waals surface area contributed by atoms with Crippen LogP contribution in [0.4, 0.5) is 0 Å². The van der Waals surface area contributed by atoms with Crippen LogP contribution in [-0.2, 0) is 22.8 Å². The van der Waals surface area contributed by atoms with E-state index in [2.05, 4.69) is 15.3 Å². The van der Waals surface area contributed by atoms with Gasteiger partial charge in [0.05, 0.1) is 10.6 Å². The Kier molecular flexibility index (Phi) is 6.13. The topological polar surface area (TPSA) is 91.9 Å². The molecule has 0 unspecified atom stereocenters. The number of nitrogens with zero attached hydrogens (tertiary/aromatic N) is 1. The normalized spacial score (nSPS) is 11.5. The van der Waals surface area contributed by atoms with E-state index < -0.39 is 9.84 Å². The van der Waals surface area contributed by atoms with E-state index in [0.29, 0.717) is 23.6 Å². The zero-order valence-corrected chi connectivity index (χ0v) is 17.7. The molecule has 2 aromatic carbocycles. The molecule has 0 atom stereocenters. The number of carbonyl (C=O) groups is 1. The van der Waals surface area contributed by atoms with Crippen LogP contribution in [0.3, 0.4) is 0 Å². The molecule has 7 heteroatoms. The fraction of sp³-hybridized carbons (Fsp3) is 0.167. The van der Waals surface area contributed by atoms with Gasteiger partial charge in [0.2, 0.25) is 0 Å². The van der Waals surface area contributed by atoms with Crippen LogP contribution >= 0.6 is 0 Å². The number of sulfone groups is 1. The predicted octanol–water partition coefficient (Wildman–Crippen LogP) is 3.90. The van der Waals surface area contributed by atoms with Gasteiger partial charge in [-0.05, 0) is 48.2 Å². The predicted molar refractivity (Wildman–Crippen MR) is 121 cm³/mol. The monoisotopic (exact) mass is 433 g/mol.